The van der Waals surface area contributed by atoms with Gasteiger partial charge in [-0.2, -0.15) is 0 Å². The maximum absolute atomic E-state index is 13.0. The van der Waals surface area contributed by atoms with Crippen LogP contribution in [0.1, 0.15) is 44.9 Å². The molecule has 0 spiro atoms. The summed E-state index contributed by atoms with van der Waals surface area (Å²) >= 11 is 0. The van der Waals surface area contributed by atoms with E-state index in [4.69, 9.17) is 4.74 Å². The first-order chi connectivity index (χ1) is 14.6. The van der Waals surface area contributed by atoms with Crippen LogP contribution in [-0.2, 0) is 4.74 Å². The van der Waals surface area contributed by atoms with E-state index in [2.05, 4.69) is 26.7 Å². The van der Waals surface area contributed by atoms with Crippen molar-refractivity contribution in [2.24, 2.45) is 11.8 Å². The number of carbonyl (C=O) groups is 2. The number of hydrogen-bond acceptors (Lipinski definition) is 4. The van der Waals surface area contributed by atoms with Gasteiger partial charge in [-0.05, 0) is 29.8 Å². The lowest BCUT2D eigenvalue weighted by molar-refractivity contribution is 0.0928. The second-order valence-corrected chi connectivity index (χ2v) is 8.12. The molecular formula is C23H24N4O3. The van der Waals surface area contributed by atoms with Gasteiger partial charge in [-0.25, -0.2) is 4.98 Å². The molecule has 1 aliphatic carbocycles. The summed E-state index contributed by atoms with van der Waals surface area (Å²) in [4.78, 5) is 33.1. The highest BCUT2D eigenvalue weighted by atomic mass is 16.5. The van der Waals surface area contributed by atoms with Gasteiger partial charge in [0.05, 0.1) is 13.2 Å². The fraction of sp³-hybridized carbons (Fsp3) is 0.348. The molecule has 7 nitrogen and oxygen atoms in total. The predicted molar refractivity (Wildman–Crippen MR) is 112 cm³/mol. The van der Waals surface area contributed by atoms with Gasteiger partial charge in [0.2, 0.25) is 0 Å². The summed E-state index contributed by atoms with van der Waals surface area (Å²) in [6, 6.07) is 11.6. The predicted octanol–water partition coefficient (Wildman–Crippen LogP) is 2.45. The highest BCUT2D eigenvalue weighted by Gasteiger charge is 2.54. The quantitative estimate of drug-likeness (QED) is 0.609. The SMILES string of the molecule is CNC(=O)c1cc(C(=O)NC2[C@H]3COC[C@@H]23)cc([C@@H](C)c2cccc3[nH]ccc23)n1. The van der Waals surface area contributed by atoms with Crippen LogP contribution in [0.3, 0.4) is 0 Å². The summed E-state index contributed by atoms with van der Waals surface area (Å²) in [5.41, 5.74) is 3.53. The van der Waals surface area contributed by atoms with Gasteiger partial charge in [0.15, 0.2) is 0 Å². The van der Waals surface area contributed by atoms with Gasteiger partial charge in [0.1, 0.15) is 5.69 Å². The van der Waals surface area contributed by atoms with Crippen molar-refractivity contribution >= 4 is 22.7 Å². The van der Waals surface area contributed by atoms with Gasteiger partial charge >= 0.3 is 0 Å². The number of pyridine rings is 1. The van der Waals surface area contributed by atoms with Gasteiger partial charge in [0, 0.05) is 59.2 Å². The van der Waals surface area contributed by atoms with Crippen molar-refractivity contribution in [3.63, 3.8) is 0 Å². The zero-order valence-corrected chi connectivity index (χ0v) is 16.9. The average Bonchev–Trinajstić information content (AvgIpc) is 3.16. The minimum atomic E-state index is -0.311. The van der Waals surface area contributed by atoms with Gasteiger partial charge in [-0.1, -0.05) is 19.1 Å². The Labute approximate surface area is 174 Å². The van der Waals surface area contributed by atoms with Gasteiger partial charge < -0.3 is 20.4 Å². The largest absolute Gasteiger partial charge is 0.381 e. The molecule has 3 N–H and O–H groups in total. The number of nitrogens with one attached hydrogen (secondary N) is 3. The number of fused-ring (bicyclic) bond motifs is 2. The Kier molecular flexibility index (Phi) is 4.55. The first-order valence-electron chi connectivity index (χ1n) is 10.3. The number of hydrogen-bond donors (Lipinski definition) is 3. The number of nitrogens with zero attached hydrogens (tertiary/aromatic N) is 1. The van der Waals surface area contributed by atoms with E-state index in [1.165, 1.54) is 0 Å². The fourth-order valence-corrected chi connectivity index (χ4v) is 4.48. The van der Waals surface area contributed by atoms with Crippen molar-refractivity contribution in [3.05, 3.63) is 65.1 Å². The maximum atomic E-state index is 13.0. The van der Waals surface area contributed by atoms with Crippen LogP contribution in [0.5, 0.6) is 0 Å². The minimum Gasteiger partial charge on any atom is -0.381 e. The van der Waals surface area contributed by atoms with Crippen LogP contribution in [0.25, 0.3) is 10.9 Å². The van der Waals surface area contributed by atoms with E-state index in [9.17, 15) is 9.59 Å². The van der Waals surface area contributed by atoms with Crippen LogP contribution < -0.4 is 10.6 Å². The Bertz CT molecular complexity index is 1130. The van der Waals surface area contributed by atoms with Gasteiger partial charge in [0.25, 0.3) is 11.8 Å². The molecule has 1 aromatic carbocycles. The molecule has 1 aliphatic heterocycles. The smallest absolute Gasteiger partial charge is 0.269 e. The molecule has 1 unspecified atom stereocenters. The van der Waals surface area contributed by atoms with Crippen LogP contribution in [0.2, 0.25) is 0 Å². The number of carbonyl (C=O) groups excluding carboxylic acids is 2. The summed E-state index contributed by atoms with van der Waals surface area (Å²) < 4.78 is 5.40. The van der Waals surface area contributed by atoms with Crippen molar-refractivity contribution in [3.8, 4) is 0 Å². The van der Waals surface area contributed by atoms with Crippen LogP contribution in [0, 0.1) is 11.8 Å². The fourth-order valence-electron chi connectivity index (χ4n) is 4.48. The molecule has 2 aromatic heterocycles. The number of ether oxygens (including phenoxy) is 1. The van der Waals surface area contributed by atoms with E-state index in [0.717, 1.165) is 16.5 Å². The topological polar surface area (TPSA) is 96.1 Å². The van der Waals surface area contributed by atoms with E-state index in [1.54, 1.807) is 19.2 Å². The minimum absolute atomic E-state index is 0.0886. The molecule has 7 heteroatoms. The second kappa shape index (κ2) is 7.25. The number of rotatable bonds is 5. The first kappa shape index (κ1) is 18.8. The van der Waals surface area contributed by atoms with Gasteiger partial charge in [-0.15, -0.1) is 0 Å². The summed E-state index contributed by atoms with van der Waals surface area (Å²) in [5.74, 6) is 0.261. The van der Waals surface area contributed by atoms with Gasteiger partial charge in [-0.3, -0.25) is 9.59 Å². The molecule has 2 aliphatic rings. The summed E-state index contributed by atoms with van der Waals surface area (Å²) in [5, 5.41) is 6.82. The number of aromatic nitrogens is 2. The third kappa shape index (κ3) is 3.15. The lowest BCUT2D eigenvalue weighted by Crippen LogP contribution is -2.30. The second-order valence-electron chi connectivity index (χ2n) is 8.12. The molecule has 4 atom stereocenters. The first-order valence-corrected chi connectivity index (χ1v) is 10.3. The number of H-pyrrole nitrogens is 1. The lowest BCUT2D eigenvalue weighted by atomic mass is 9.93. The lowest BCUT2D eigenvalue weighted by Gasteiger charge is -2.16. The molecule has 2 amide bonds. The van der Waals surface area contributed by atoms with Crippen LogP contribution in [-0.4, -0.2) is 48.1 Å². The van der Waals surface area contributed by atoms with Crippen molar-refractivity contribution in [1.82, 2.24) is 20.6 Å². The Balaban J connectivity index is 1.49. The highest BCUT2D eigenvalue weighted by Crippen LogP contribution is 2.44. The molecule has 0 bridgehead atoms. The molecular weight excluding hydrogens is 380 g/mol. The van der Waals surface area contributed by atoms with Crippen molar-refractivity contribution in [2.45, 2.75) is 18.9 Å². The third-order valence-electron chi connectivity index (χ3n) is 6.36. The molecule has 3 aromatic rings. The number of amides is 2. The molecule has 1 saturated heterocycles. The molecule has 154 valence electrons. The molecule has 1 saturated carbocycles. The molecule has 3 heterocycles. The van der Waals surface area contributed by atoms with E-state index in [0.29, 0.717) is 36.3 Å². The Hall–Kier alpha value is -3.19. The van der Waals surface area contributed by atoms with E-state index >= 15 is 0 Å². The normalized spacial score (nSPS) is 23.1. The van der Waals surface area contributed by atoms with Crippen LogP contribution in [0.15, 0.2) is 42.6 Å². The van der Waals surface area contributed by atoms with Crippen LogP contribution >= 0.6 is 0 Å². The van der Waals surface area contributed by atoms with E-state index in [1.807, 2.05) is 31.3 Å². The third-order valence-corrected chi connectivity index (χ3v) is 6.36. The van der Waals surface area contributed by atoms with Crippen molar-refractivity contribution < 1.29 is 14.3 Å². The van der Waals surface area contributed by atoms with Crippen molar-refractivity contribution in [2.75, 3.05) is 20.3 Å². The molecule has 30 heavy (non-hydrogen) atoms. The Morgan fingerprint density at radius 1 is 1.17 bits per heavy atom. The van der Waals surface area contributed by atoms with Crippen LogP contribution in [0.4, 0.5) is 0 Å². The summed E-state index contributed by atoms with van der Waals surface area (Å²) in [6.45, 7) is 3.46. The highest BCUT2D eigenvalue weighted by molar-refractivity contribution is 5.99. The zero-order valence-electron chi connectivity index (χ0n) is 16.9. The molecule has 2 fully saturated rings. The summed E-state index contributed by atoms with van der Waals surface area (Å²) in [7, 11) is 1.56. The molecule has 5 rings (SSSR count). The number of aromatic amines is 1. The molecule has 0 radical (unpaired) electrons. The standard InChI is InChI=1S/C23H24N4O3/c1-12(14-4-3-5-18-15(14)6-7-25-18)19-8-13(9-20(26-19)23(29)24-2)22(28)27-21-16-10-30-11-17(16)21/h3-9,12,16-17,21,25H,10-11H2,1-2H3,(H,24,29)(H,27,28)/t12-,16-,17+,21?/m0/s1. The van der Waals surface area contributed by atoms with E-state index in [-0.39, 0.29) is 29.5 Å². The van der Waals surface area contributed by atoms with E-state index < -0.39 is 0 Å². The summed E-state index contributed by atoms with van der Waals surface area (Å²) in [6.07, 6.45) is 1.91. The maximum Gasteiger partial charge on any atom is 0.269 e. The average molecular weight is 404 g/mol. The Morgan fingerprint density at radius 3 is 2.73 bits per heavy atom. The monoisotopic (exact) mass is 404 g/mol. The number of benzene rings is 1. The van der Waals surface area contributed by atoms with Crippen molar-refractivity contribution in [1.29, 1.82) is 0 Å². The Morgan fingerprint density at radius 2 is 1.97 bits per heavy atom. The zero-order chi connectivity index (χ0) is 20.8.